The van der Waals surface area contributed by atoms with Crippen molar-refractivity contribution in [1.82, 2.24) is 4.57 Å². The predicted molar refractivity (Wildman–Crippen MR) is 75.7 cm³/mol. The van der Waals surface area contributed by atoms with Gasteiger partial charge in [0.2, 0.25) is 0 Å². The van der Waals surface area contributed by atoms with Gasteiger partial charge in [-0.15, -0.1) is 0 Å². The molecular weight excluding hydrogens is 314 g/mol. The van der Waals surface area contributed by atoms with Gasteiger partial charge < -0.3 is 4.57 Å². The Bertz CT molecular complexity index is 748. The van der Waals surface area contributed by atoms with E-state index in [1.54, 1.807) is 0 Å². The zero-order valence-corrected chi connectivity index (χ0v) is 11.9. The Morgan fingerprint density at radius 2 is 1.70 bits per heavy atom. The molecule has 0 spiro atoms. The highest BCUT2D eigenvalue weighted by Crippen LogP contribution is 2.28. The average molecular weight is 327 g/mol. The van der Waals surface area contributed by atoms with Gasteiger partial charge >= 0.3 is 6.18 Å². The highest BCUT2D eigenvalue weighted by Gasteiger charge is 2.30. The van der Waals surface area contributed by atoms with E-state index >= 15 is 0 Å². The van der Waals surface area contributed by atoms with Crippen molar-refractivity contribution in [2.75, 3.05) is 0 Å². The molecule has 23 heavy (non-hydrogen) atoms. The molecule has 0 bridgehead atoms. The van der Waals surface area contributed by atoms with Crippen LogP contribution in [0.5, 0.6) is 0 Å². The minimum Gasteiger partial charge on any atom is -0.315 e. The molecule has 0 atom stereocenters. The number of hydrogen-bond acceptors (Lipinski definition) is 2. The van der Waals surface area contributed by atoms with Crippen molar-refractivity contribution in [3.63, 3.8) is 0 Å². The fourth-order valence-electron chi connectivity index (χ4n) is 2.06. The van der Waals surface area contributed by atoms with Gasteiger partial charge in [0.15, 0.2) is 5.78 Å². The largest absolute Gasteiger partial charge is 0.417 e. The predicted octanol–water partition coefficient (Wildman–Crippen LogP) is 3.67. The summed E-state index contributed by atoms with van der Waals surface area (Å²) in [4.78, 5) is 23.4. The second kappa shape index (κ2) is 6.76. The minimum atomic E-state index is -4.53. The minimum absolute atomic E-state index is 0.00428. The summed E-state index contributed by atoms with van der Waals surface area (Å²) in [5.74, 6) is -0.720. The fourth-order valence-corrected chi connectivity index (χ4v) is 2.06. The molecule has 0 saturated heterocycles. The number of aromatic nitrogens is 1. The summed E-state index contributed by atoms with van der Waals surface area (Å²) in [6.45, 7) is -0.00428. The lowest BCUT2D eigenvalue weighted by Gasteiger charge is -2.10. The van der Waals surface area contributed by atoms with Gasteiger partial charge in [0.1, 0.15) is 5.82 Å². The maximum Gasteiger partial charge on any atom is 0.417 e. The molecule has 0 aliphatic carbocycles. The Hall–Kier alpha value is -2.44. The Morgan fingerprint density at radius 1 is 1.04 bits per heavy atom. The molecular formula is C16H13F4NO2. The van der Waals surface area contributed by atoms with Crippen LogP contribution in [0.4, 0.5) is 17.6 Å². The first-order valence-corrected chi connectivity index (χ1v) is 6.84. The Labute approximate surface area is 129 Å². The van der Waals surface area contributed by atoms with Crippen molar-refractivity contribution >= 4 is 5.78 Å². The highest BCUT2D eigenvalue weighted by atomic mass is 19.4. The maximum atomic E-state index is 12.8. The molecule has 1 aromatic carbocycles. The van der Waals surface area contributed by atoms with Gasteiger partial charge in [0, 0.05) is 30.8 Å². The van der Waals surface area contributed by atoms with E-state index in [0.717, 1.165) is 35.0 Å². The number of aryl methyl sites for hydroxylation is 1. The van der Waals surface area contributed by atoms with Crippen LogP contribution in [-0.4, -0.2) is 10.4 Å². The number of rotatable bonds is 5. The summed E-state index contributed by atoms with van der Waals surface area (Å²) in [5, 5.41) is 0. The van der Waals surface area contributed by atoms with Gasteiger partial charge in [-0.25, -0.2) is 4.39 Å². The normalized spacial score (nSPS) is 11.5. The van der Waals surface area contributed by atoms with Crippen LogP contribution in [0, 0.1) is 5.82 Å². The average Bonchev–Trinajstić information content (AvgIpc) is 2.48. The van der Waals surface area contributed by atoms with E-state index in [9.17, 15) is 27.2 Å². The first kappa shape index (κ1) is 16.9. The first-order chi connectivity index (χ1) is 10.8. The number of carbonyl (C=O) groups is 1. The Kier molecular flexibility index (Phi) is 4.98. The summed E-state index contributed by atoms with van der Waals surface area (Å²) in [6.07, 6.45) is -3.53. The standard InChI is InChI=1S/C16H13F4NO2/c17-13-6-3-11(4-7-13)14(22)2-1-9-21-10-12(16(18,19)20)5-8-15(21)23/h3-8,10H,1-2,9H2. The van der Waals surface area contributed by atoms with Gasteiger partial charge in [0.05, 0.1) is 5.56 Å². The van der Waals surface area contributed by atoms with E-state index in [2.05, 4.69) is 0 Å². The summed E-state index contributed by atoms with van der Waals surface area (Å²) in [5.41, 5.74) is -1.16. The third-order valence-corrected chi connectivity index (χ3v) is 3.28. The quantitative estimate of drug-likeness (QED) is 0.621. The molecule has 0 aliphatic rings. The maximum absolute atomic E-state index is 12.8. The molecule has 2 rings (SSSR count). The lowest BCUT2D eigenvalue weighted by molar-refractivity contribution is -0.138. The van der Waals surface area contributed by atoms with Crippen LogP contribution in [-0.2, 0) is 12.7 Å². The van der Waals surface area contributed by atoms with Crippen LogP contribution >= 0.6 is 0 Å². The topological polar surface area (TPSA) is 39.1 Å². The van der Waals surface area contributed by atoms with E-state index in [4.69, 9.17) is 0 Å². The fraction of sp³-hybridized carbons (Fsp3) is 0.250. The second-order valence-corrected chi connectivity index (χ2v) is 4.98. The number of carbonyl (C=O) groups excluding carboxylic acids is 1. The zero-order chi connectivity index (χ0) is 17.0. The van der Waals surface area contributed by atoms with Gasteiger partial charge in [-0.3, -0.25) is 9.59 Å². The van der Waals surface area contributed by atoms with Gasteiger partial charge in [-0.1, -0.05) is 0 Å². The number of nitrogens with zero attached hydrogens (tertiary/aromatic N) is 1. The number of halogens is 4. The second-order valence-electron chi connectivity index (χ2n) is 4.98. The van der Waals surface area contributed by atoms with E-state index in [-0.39, 0.29) is 25.2 Å². The van der Waals surface area contributed by atoms with E-state index in [1.165, 1.54) is 12.1 Å². The van der Waals surface area contributed by atoms with Gasteiger partial charge in [-0.05, 0) is 36.8 Å². The van der Waals surface area contributed by atoms with Gasteiger partial charge in [0.25, 0.3) is 5.56 Å². The lowest BCUT2D eigenvalue weighted by atomic mass is 10.1. The van der Waals surface area contributed by atoms with Crippen molar-refractivity contribution in [2.45, 2.75) is 25.6 Å². The summed E-state index contributed by atoms with van der Waals surface area (Å²) < 4.78 is 51.5. The molecule has 1 heterocycles. The van der Waals surface area contributed by atoms with Crippen LogP contribution in [0.2, 0.25) is 0 Å². The number of Topliss-reactive ketones (excluding diaryl/α,β-unsaturated/α-hetero) is 1. The number of hydrogen-bond donors (Lipinski definition) is 0. The summed E-state index contributed by atoms with van der Waals surface area (Å²) in [7, 11) is 0. The van der Waals surface area contributed by atoms with Crippen LogP contribution in [0.1, 0.15) is 28.8 Å². The molecule has 1 aromatic heterocycles. The SMILES string of the molecule is O=C(CCCn1cc(C(F)(F)F)ccc1=O)c1ccc(F)cc1. The summed E-state index contributed by atoms with van der Waals surface area (Å²) >= 11 is 0. The van der Waals surface area contributed by atoms with Gasteiger partial charge in [-0.2, -0.15) is 13.2 Å². The van der Waals surface area contributed by atoms with Crippen LogP contribution < -0.4 is 5.56 Å². The Morgan fingerprint density at radius 3 is 2.30 bits per heavy atom. The third-order valence-electron chi connectivity index (χ3n) is 3.28. The molecule has 0 fully saturated rings. The lowest BCUT2D eigenvalue weighted by Crippen LogP contribution is -2.21. The molecule has 0 aliphatic heterocycles. The van der Waals surface area contributed by atoms with Crippen molar-refractivity contribution < 1.29 is 22.4 Å². The first-order valence-electron chi connectivity index (χ1n) is 6.84. The Balaban J connectivity index is 2.00. The number of alkyl halides is 3. The molecule has 0 amide bonds. The zero-order valence-electron chi connectivity index (χ0n) is 11.9. The molecule has 3 nitrogen and oxygen atoms in total. The molecule has 0 saturated carbocycles. The molecule has 2 aromatic rings. The summed E-state index contributed by atoms with van der Waals surface area (Å²) in [6, 6.07) is 6.57. The smallest absolute Gasteiger partial charge is 0.315 e. The molecule has 0 unspecified atom stereocenters. The molecule has 7 heteroatoms. The number of pyridine rings is 1. The number of ketones is 1. The molecule has 122 valence electrons. The molecule has 0 radical (unpaired) electrons. The van der Waals surface area contributed by atoms with Crippen molar-refractivity contribution in [1.29, 1.82) is 0 Å². The van der Waals surface area contributed by atoms with Crippen molar-refractivity contribution in [3.05, 3.63) is 69.9 Å². The van der Waals surface area contributed by atoms with Crippen molar-refractivity contribution in [3.8, 4) is 0 Å². The highest BCUT2D eigenvalue weighted by molar-refractivity contribution is 5.95. The van der Waals surface area contributed by atoms with E-state index in [0.29, 0.717) is 5.56 Å². The van der Waals surface area contributed by atoms with E-state index < -0.39 is 23.1 Å². The monoisotopic (exact) mass is 327 g/mol. The van der Waals surface area contributed by atoms with Crippen LogP contribution in [0.3, 0.4) is 0 Å². The van der Waals surface area contributed by atoms with Crippen molar-refractivity contribution in [2.24, 2.45) is 0 Å². The van der Waals surface area contributed by atoms with Crippen LogP contribution in [0.15, 0.2) is 47.4 Å². The molecule has 0 N–H and O–H groups in total. The van der Waals surface area contributed by atoms with Crippen LogP contribution in [0.25, 0.3) is 0 Å². The van der Waals surface area contributed by atoms with E-state index in [1.807, 2.05) is 0 Å². The third kappa shape index (κ3) is 4.51. The number of benzene rings is 1.